The van der Waals surface area contributed by atoms with E-state index in [-0.39, 0.29) is 11.5 Å². The lowest BCUT2D eigenvalue weighted by Crippen LogP contribution is -2.26. The van der Waals surface area contributed by atoms with Gasteiger partial charge in [0.1, 0.15) is 11.6 Å². The molecule has 33 heavy (non-hydrogen) atoms. The lowest BCUT2D eigenvalue weighted by molar-refractivity contribution is -0.147. The average molecular weight is 600 g/mol. The van der Waals surface area contributed by atoms with Crippen molar-refractivity contribution < 1.29 is 14.3 Å². The number of hydrogen-bond acceptors (Lipinski definition) is 6. The van der Waals surface area contributed by atoms with Crippen molar-refractivity contribution >= 4 is 66.5 Å². The van der Waals surface area contributed by atoms with E-state index < -0.39 is 12.1 Å². The van der Waals surface area contributed by atoms with Gasteiger partial charge in [0, 0.05) is 21.0 Å². The van der Waals surface area contributed by atoms with E-state index in [0.29, 0.717) is 37.5 Å². The van der Waals surface area contributed by atoms with Crippen LogP contribution in [-0.2, 0) is 9.53 Å². The number of aromatic nitrogens is 2. The van der Waals surface area contributed by atoms with E-state index in [1.807, 2.05) is 19.9 Å². The van der Waals surface area contributed by atoms with Gasteiger partial charge in [-0.3, -0.25) is 4.79 Å². The number of benzene rings is 2. The minimum atomic E-state index is -0.863. The fourth-order valence-corrected chi connectivity index (χ4v) is 4.38. The van der Waals surface area contributed by atoms with E-state index in [9.17, 15) is 9.59 Å². The third kappa shape index (κ3) is 5.65. The Kier molecular flexibility index (Phi) is 8.31. The third-order valence-corrected chi connectivity index (χ3v) is 6.36. The summed E-state index contributed by atoms with van der Waals surface area (Å²) in [5, 5.41) is 5.33. The van der Waals surface area contributed by atoms with Crippen molar-refractivity contribution in [2.45, 2.75) is 39.2 Å². The van der Waals surface area contributed by atoms with Gasteiger partial charge >= 0.3 is 5.97 Å². The highest BCUT2D eigenvalue weighted by Crippen LogP contribution is 2.33. The maximum atomic E-state index is 13.3. The quantitative estimate of drug-likeness (QED) is 0.249. The number of halogens is 3. The van der Waals surface area contributed by atoms with Gasteiger partial charge in [-0.1, -0.05) is 41.4 Å². The Bertz CT molecular complexity index is 1290. The second-order valence-corrected chi connectivity index (χ2v) is 9.60. The van der Waals surface area contributed by atoms with Crippen LogP contribution in [0.1, 0.15) is 44.5 Å². The molecule has 0 amide bonds. The van der Waals surface area contributed by atoms with Crippen molar-refractivity contribution in [1.82, 2.24) is 9.66 Å². The highest BCUT2D eigenvalue weighted by atomic mass is 79.9. The zero-order valence-electron chi connectivity index (χ0n) is 18.4. The van der Waals surface area contributed by atoms with E-state index in [0.717, 1.165) is 10.9 Å². The van der Waals surface area contributed by atoms with Gasteiger partial charge in [0.15, 0.2) is 6.10 Å². The summed E-state index contributed by atoms with van der Waals surface area (Å²) in [6, 6.07) is 8.64. The van der Waals surface area contributed by atoms with Crippen molar-refractivity contribution in [3.05, 3.63) is 66.0 Å². The minimum Gasteiger partial charge on any atom is -0.477 e. The van der Waals surface area contributed by atoms with Crippen LogP contribution in [0.3, 0.4) is 0 Å². The Balaban J connectivity index is 2.17. The lowest BCUT2D eigenvalue weighted by atomic mass is 10.1. The molecule has 3 rings (SSSR count). The smallest absolute Gasteiger partial charge is 0.346 e. The number of nitrogens with zero attached hydrogens (tertiary/aromatic N) is 3. The van der Waals surface area contributed by atoms with Gasteiger partial charge in [0.25, 0.3) is 5.56 Å². The summed E-state index contributed by atoms with van der Waals surface area (Å²) in [6.45, 7) is 5.58. The molecule has 0 spiro atoms. The first-order valence-corrected chi connectivity index (χ1v) is 12.1. The number of methoxy groups -OCH3 is 1. The summed E-state index contributed by atoms with van der Waals surface area (Å²) in [5.74, 6) is 0.346. The number of carbonyl (C=O) groups excluding carboxylic acids is 1. The summed E-state index contributed by atoms with van der Waals surface area (Å²) >= 11 is 13.1. The molecule has 0 aliphatic rings. The van der Waals surface area contributed by atoms with Gasteiger partial charge in [-0.15, -0.1) is 0 Å². The van der Waals surface area contributed by atoms with Crippen LogP contribution < -0.4 is 10.3 Å². The predicted octanol–water partition coefficient (Wildman–Crippen LogP) is 5.91. The number of hydrogen-bond donors (Lipinski definition) is 0. The molecule has 2 aromatic carbocycles. The molecule has 10 heteroatoms. The van der Waals surface area contributed by atoms with Crippen molar-refractivity contribution in [2.75, 3.05) is 7.11 Å². The van der Waals surface area contributed by atoms with E-state index in [1.165, 1.54) is 18.0 Å². The molecule has 0 saturated carbocycles. The Morgan fingerprint density at radius 3 is 2.67 bits per heavy atom. The number of carbonyl (C=O) groups is 1. The largest absolute Gasteiger partial charge is 0.477 e. The second-order valence-electron chi connectivity index (χ2n) is 7.39. The van der Waals surface area contributed by atoms with Crippen LogP contribution in [0.2, 0.25) is 5.02 Å². The second kappa shape index (κ2) is 10.8. The summed E-state index contributed by atoms with van der Waals surface area (Å²) < 4.78 is 13.1. The monoisotopic (exact) mass is 597 g/mol. The zero-order chi connectivity index (χ0) is 24.3. The molecule has 0 aliphatic heterocycles. The van der Waals surface area contributed by atoms with E-state index in [2.05, 4.69) is 37.0 Å². The SMILES string of the molecule is CC[C@H](C)c1nc2ccc(Br)cc2c(=O)n1N=Cc1cc(Cl)cc(Br)c1O[C@H](C)C(=O)OC. The van der Waals surface area contributed by atoms with Gasteiger partial charge in [0.05, 0.1) is 28.7 Å². The van der Waals surface area contributed by atoms with Gasteiger partial charge in [-0.2, -0.15) is 9.78 Å². The van der Waals surface area contributed by atoms with Crippen LogP contribution >= 0.6 is 43.5 Å². The molecule has 0 aliphatic carbocycles. The fourth-order valence-electron chi connectivity index (χ4n) is 3.09. The molecule has 2 atom stereocenters. The first kappa shape index (κ1) is 25.4. The zero-order valence-corrected chi connectivity index (χ0v) is 22.4. The molecule has 0 N–H and O–H groups in total. The van der Waals surface area contributed by atoms with Crippen molar-refractivity contribution in [3.63, 3.8) is 0 Å². The first-order chi connectivity index (χ1) is 15.7. The number of fused-ring (bicyclic) bond motifs is 1. The summed E-state index contributed by atoms with van der Waals surface area (Å²) in [7, 11) is 1.29. The molecule has 0 radical (unpaired) electrons. The third-order valence-electron chi connectivity index (χ3n) is 5.06. The topological polar surface area (TPSA) is 82.8 Å². The predicted molar refractivity (Wildman–Crippen MR) is 137 cm³/mol. The van der Waals surface area contributed by atoms with E-state index in [4.69, 9.17) is 26.1 Å². The van der Waals surface area contributed by atoms with Gasteiger partial charge in [-0.25, -0.2) is 9.78 Å². The van der Waals surface area contributed by atoms with Crippen LogP contribution in [0.4, 0.5) is 0 Å². The summed E-state index contributed by atoms with van der Waals surface area (Å²) in [5.41, 5.74) is 0.784. The van der Waals surface area contributed by atoms with Gasteiger partial charge in [0.2, 0.25) is 0 Å². The van der Waals surface area contributed by atoms with Crippen LogP contribution in [0.5, 0.6) is 5.75 Å². The van der Waals surface area contributed by atoms with Crippen molar-refractivity contribution in [2.24, 2.45) is 5.10 Å². The van der Waals surface area contributed by atoms with Crippen molar-refractivity contribution in [1.29, 1.82) is 0 Å². The maximum absolute atomic E-state index is 13.3. The average Bonchev–Trinajstić information content (AvgIpc) is 2.79. The molecule has 3 aromatic rings. The molecule has 0 unspecified atom stereocenters. The standard InChI is InChI=1S/C23H22Br2ClN3O4/c1-5-12(2)21-28-19-7-6-15(24)9-17(19)22(30)29(21)27-11-14-8-16(26)10-18(25)20(14)33-13(3)23(31)32-4/h6-13H,5H2,1-4H3/t12-,13+/m0/s1. The molecule has 1 aromatic heterocycles. The van der Waals surface area contributed by atoms with Crippen molar-refractivity contribution in [3.8, 4) is 5.75 Å². The summed E-state index contributed by atoms with van der Waals surface area (Å²) in [4.78, 5) is 29.9. The molecule has 1 heterocycles. The Hall–Kier alpha value is -2.23. The van der Waals surface area contributed by atoms with E-state index in [1.54, 1.807) is 31.2 Å². The highest BCUT2D eigenvalue weighted by Gasteiger charge is 2.20. The lowest BCUT2D eigenvalue weighted by Gasteiger charge is -2.17. The maximum Gasteiger partial charge on any atom is 0.346 e. The molecular formula is C23H22Br2ClN3O4. The molecular weight excluding hydrogens is 578 g/mol. The first-order valence-electron chi connectivity index (χ1n) is 10.2. The Morgan fingerprint density at radius 1 is 1.27 bits per heavy atom. The number of rotatable bonds is 7. The Morgan fingerprint density at radius 2 is 2.00 bits per heavy atom. The van der Waals surface area contributed by atoms with E-state index >= 15 is 0 Å². The molecule has 0 saturated heterocycles. The van der Waals surface area contributed by atoms with Crippen LogP contribution in [-0.4, -0.2) is 35.1 Å². The van der Waals surface area contributed by atoms with Gasteiger partial charge in [-0.05, 0) is 59.6 Å². The Labute approximate surface area is 213 Å². The van der Waals surface area contributed by atoms with Crippen LogP contribution in [0.25, 0.3) is 10.9 Å². The normalized spacial score (nSPS) is 13.3. The number of ether oxygens (including phenoxy) is 2. The highest BCUT2D eigenvalue weighted by molar-refractivity contribution is 9.10. The molecule has 174 valence electrons. The number of esters is 1. The molecule has 0 bridgehead atoms. The molecule has 7 nitrogen and oxygen atoms in total. The molecule has 0 fully saturated rings. The minimum absolute atomic E-state index is 0.0101. The fraction of sp³-hybridized carbons (Fsp3) is 0.304. The van der Waals surface area contributed by atoms with Crippen LogP contribution in [0.15, 0.2) is 49.2 Å². The summed E-state index contributed by atoms with van der Waals surface area (Å²) in [6.07, 6.45) is 1.38. The van der Waals surface area contributed by atoms with Crippen LogP contribution in [0, 0.1) is 0 Å². The van der Waals surface area contributed by atoms with Gasteiger partial charge < -0.3 is 9.47 Å².